The first-order chi connectivity index (χ1) is 7.73. The lowest BCUT2D eigenvalue weighted by Crippen LogP contribution is -2.19. The van der Waals surface area contributed by atoms with Crippen LogP contribution in [0.2, 0.25) is 0 Å². The Bertz CT molecular complexity index is 407. The summed E-state index contributed by atoms with van der Waals surface area (Å²) in [6.45, 7) is 17.3. The molecule has 0 amide bonds. The van der Waals surface area contributed by atoms with E-state index in [0.29, 0.717) is 5.57 Å². The Hall–Kier alpha value is -1.70. The van der Waals surface area contributed by atoms with Crippen LogP contribution >= 0.6 is 0 Å². The third-order valence-corrected chi connectivity index (χ3v) is 2.30. The van der Waals surface area contributed by atoms with Gasteiger partial charge >= 0.3 is 0 Å². The second kappa shape index (κ2) is 6.14. The number of hydrogen-bond donors (Lipinski definition) is 0. The van der Waals surface area contributed by atoms with Gasteiger partial charge in [0.2, 0.25) is 0 Å². The van der Waals surface area contributed by atoms with E-state index in [-0.39, 0.29) is 11.1 Å². The highest BCUT2D eigenvalue weighted by molar-refractivity contribution is 5.42. The molecule has 0 heterocycles. The number of hydrogen-bond acceptors (Lipinski definition) is 0. The fraction of sp³-hybridized carbons (Fsp3) is 0.200. The quantitative estimate of drug-likeness (QED) is 0.569. The van der Waals surface area contributed by atoms with Gasteiger partial charge in [0.05, 0.1) is 0 Å². The fourth-order valence-electron chi connectivity index (χ4n) is 0.970. The van der Waals surface area contributed by atoms with E-state index >= 15 is 0 Å². The molecular formula is C15H18F2. The Labute approximate surface area is 102 Å². The maximum Gasteiger partial charge on any atom is 0.297 e. The largest absolute Gasteiger partial charge is 0.297 e. The van der Waals surface area contributed by atoms with Gasteiger partial charge in [0.15, 0.2) is 0 Å². The van der Waals surface area contributed by atoms with Crippen molar-refractivity contribution in [3.8, 4) is 0 Å². The van der Waals surface area contributed by atoms with E-state index in [1.807, 2.05) is 0 Å². The summed E-state index contributed by atoms with van der Waals surface area (Å²) in [5.74, 6) is -3.16. The Balaban J connectivity index is 5.07. The van der Waals surface area contributed by atoms with Gasteiger partial charge in [-0.2, -0.15) is 8.78 Å². The van der Waals surface area contributed by atoms with E-state index in [2.05, 4.69) is 26.3 Å². The molecule has 0 rings (SSSR count). The van der Waals surface area contributed by atoms with Gasteiger partial charge < -0.3 is 0 Å². The van der Waals surface area contributed by atoms with Crippen molar-refractivity contribution in [2.45, 2.75) is 19.8 Å². The Kier molecular flexibility index (Phi) is 5.52. The van der Waals surface area contributed by atoms with E-state index in [1.54, 1.807) is 13.8 Å². The monoisotopic (exact) mass is 236 g/mol. The van der Waals surface area contributed by atoms with Crippen molar-refractivity contribution >= 4 is 0 Å². The smallest absolute Gasteiger partial charge is 0.196 e. The van der Waals surface area contributed by atoms with Crippen LogP contribution in [0.3, 0.4) is 0 Å². The molecule has 0 spiro atoms. The standard InChI is InChI=1S/C15H18F2/c1-7-8-9-13(5)15(16,17)14(6)10-12(4)11(2)3/h7-10H,1-2,5-6H2,3-4H3/b9-8-,12-10-. The maximum absolute atomic E-state index is 13.8. The topological polar surface area (TPSA) is 0 Å². The third kappa shape index (κ3) is 4.35. The molecule has 0 radical (unpaired) electrons. The van der Waals surface area contributed by atoms with Crippen LogP contribution in [0.15, 0.2) is 72.9 Å². The summed E-state index contributed by atoms with van der Waals surface area (Å²) in [5, 5.41) is 0. The zero-order valence-corrected chi connectivity index (χ0v) is 10.4. The Morgan fingerprint density at radius 1 is 1.06 bits per heavy atom. The molecule has 0 saturated heterocycles. The van der Waals surface area contributed by atoms with Crippen molar-refractivity contribution in [1.82, 2.24) is 0 Å². The minimum Gasteiger partial charge on any atom is -0.196 e. The Morgan fingerprint density at radius 3 is 2.00 bits per heavy atom. The first-order valence-corrected chi connectivity index (χ1v) is 5.13. The van der Waals surface area contributed by atoms with Crippen LogP contribution < -0.4 is 0 Å². The maximum atomic E-state index is 13.8. The summed E-state index contributed by atoms with van der Waals surface area (Å²) in [6, 6.07) is 0. The minimum absolute atomic E-state index is 0.295. The summed E-state index contributed by atoms with van der Waals surface area (Å²) in [7, 11) is 0. The molecule has 0 aliphatic heterocycles. The SMILES string of the molecule is C=C/C=C\C(=C)C(F)(F)C(=C)/C=C(/C)C(=C)C. The summed E-state index contributed by atoms with van der Waals surface area (Å²) >= 11 is 0. The molecule has 0 nitrogen and oxygen atoms in total. The zero-order valence-electron chi connectivity index (χ0n) is 10.4. The third-order valence-electron chi connectivity index (χ3n) is 2.30. The number of alkyl halides is 2. The molecule has 0 aliphatic rings. The van der Waals surface area contributed by atoms with Gasteiger partial charge in [-0.3, -0.25) is 0 Å². The average molecular weight is 236 g/mol. The number of rotatable bonds is 6. The molecule has 0 unspecified atom stereocenters. The second-order valence-corrected chi connectivity index (χ2v) is 3.83. The van der Waals surface area contributed by atoms with Crippen molar-refractivity contribution in [2.75, 3.05) is 0 Å². The lowest BCUT2D eigenvalue weighted by atomic mass is 9.99. The van der Waals surface area contributed by atoms with Gasteiger partial charge in [-0.1, -0.05) is 56.2 Å². The van der Waals surface area contributed by atoms with Crippen molar-refractivity contribution < 1.29 is 8.78 Å². The van der Waals surface area contributed by atoms with E-state index in [1.165, 1.54) is 24.3 Å². The summed E-state index contributed by atoms with van der Waals surface area (Å²) < 4.78 is 27.6. The van der Waals surface area contributed by atoms with Crippen molar-refractivity contribution in [3.63, 3.8) is 0 Å². The van der Waals surface area contributed by atoms with E-state index in [0.717, 1.165) is 5.57 Å². The molecule has 0 atom stereocenters. The normalized spacial score (nSPS) is 12.6. The highest BCUT2D eigenvalue weighted by Gasteiger charge is 2.33. The van der Waals surface area contributed by atoms with Crippen LogP contribution in [0, 0.1) is 0 Å². The van der Waals surface area contributed by atoms with E-state index in [4.69, 9.17) is 0 Å². The van der Waals surface area contributed by atoms with Crippen LogP contribution in [0.1, 0.15) is 13.8 Å². The predicted molar refractivity (Wildman–Crippen MR) is 71.1 cm³/mol. The Morgan fingerprint density at radius 2 is 1.59 bits per heavy atom. The predicted octanol–water partition coefficient (Wildman–Crippen LogP) is 5.00. The van der Waals surface area contributed by atoms with Gasteiger partial charge in [-0.15, -0.1) is 0 Å². The van der Waals surface area contributed by atoms with Gasteiger partial charge in [0.1, 0.15) is 0 Å². The van der Waals surface area contributed by atoms with Crippen molar-refractivity contribution in [2.24, 2.45) is 0 Å². The molecule has 92 valence electrons. The molecule has 2 heteroatoms. The number of halogens is 2. The van der Waals surface area contributed by atoms with Crippen LogP contribution in [-0.2, 0) is 0 Å². The van der Waals surface area contributed by atoms with Gasteiger partial charge in [0.25, 0.3) is 5.92 Å². The molecular weight excluding hydrogens is 218 g/mol. The van der Waals surface area contributed by atoms with Crippen LogP contribution in [0.25, 0.3) is 0 Å². The molecule has 0 fully saturated rings. The lowest BCUT2D eigenvalue weighted by molar-refractivity contribution is 0.0921. The number of allylic oxidation sites excluding steroid dienone is 8. The van der Waals surface area contributed by atoms with Gasteiger partial charge in [0, 0.05) is 11.1 Å². The van der Waals surface area contributed by atoms with Crippen LogP contribution in [0.4, 0.5) is 8.78 Å². The first-order valence-electron chi connectivity index (χ1n) is 5.13. The van der Waals surface area contributed by atoms with Crippen LogP contribution in [0.5, 0.6) is 0 Å². The highest BCUT2D eigenvalue weighted by Crippen LogP contribution is 2.32. The zero-order chi connectivity index (χ0) is 13.6. The molecule has 0 aliphatic carbocycles. The molecule has 0 aromatic rings. The average Bonchev–Trinajstić information content (AvgIpc) is 2.25. The van der Waals surface area contributed by atoms with Crippen LogP contribution in [-0.4, -0.2) is 5.92 Å². The first kappa shape index (κ1) is 15.3. The molecule has 0 saturated carbocycles. The molecule has 0 aromatic heterocycles. The fourth-order valence-corrected chi connectivity index (χ4v) is 0.970. The van der Waals surface area contributed by atoms with Gasteiger partial charge in [-0.25, -0.2) is 0 Å². The summed E-state index contributed by atoms with van der Waals surface area (Å²) in [5.41, 5.74) is 0.800. The second-order valence-electron chi connectivity index (χ2n) is 3.83. The van der Waals surface area contributed by atoms with E-state index < -0.39 is 5.92 Å². The molecule has 0 N–H and O–H groups in total. The molecule has 0 bridgehead atoms. The summed E-state index contributed by atoms with van der Waals surface area (Å²) in [6.07, 6.45) is 5.38. The van der Waals surface area contributed by atoms with Crippen molar-refractivity contribution in [1.29, 1.82) is 0 Å². The highest BCUT2D eigenvalue weighted by atomic mass is 19.3. The lowest BCUT2D eigenvalue weighted by Gasteiger charge is -2.18. The van der Waals surface area contributed by atoms with Crippen molar-refractivity contribution in [3.05, 3.63) is 72.9 Å². The minimum atomic E-state index is -3.16. The van der Waals surface area contributed by atoms with E-state index in [9.17, 15) is 8.78 Å². The van der Waals surface area contributed by atoms with Gasteiger partial charge in [-0.05, 0) is 19.4 Å². The molecule has 17 heavy (non-hydrogen) atoms. The molecule has 0 aromatic carbocycles. The summed E-state index contributed by atoms with van der Waals surface area (Å²) in [4.78, 5) is 0.